The molecular formula is C14H20N4O2S. The fourth-order valence-corrected chi connectivity index (χ4v) is 3.15. The molecule has 1 aromatic carbocycles. The number of imidazole rings is 1. The van der Waals surface area contributed by atoms with Gasteiger partial charge in [0.1, 0.15) is 5.82 Å². The average molecular weight is 308 g/mol. The molecular weight excluding hydrogens is 288 g/mol. The molecule has 2 aromatic rings. The van der Waals surface area contributed by atoms with Crippen LogP contribution in [-0.2, 0) is 28.7 Å². The molecule has 0 saturated heterocycles. The van der Waals surface area contributed by atoms with Gasteiger partial charge in [-0.05, 0) is 17.5 Å². The van der Waals surface area contributed by atoms with E-state index in [-0.39, 0.29) is 5.75 Å². The van der Waals surface area contributed by atoms with Crippen LogP contribution < -0.4 is 10.5 Å². The minimum Gasteiger partial charge on any atom is -0.349 e. The maximum atomic E-state index is 12.0. The van der Waals surface area contributed by atoms with E-state index in [2.05, 4.69) is 14.7 Å². The summed E-state index contributed by atoms with van der Waals surface area (Å²) in [7, 11) is -3.31. The van der Waals surface area contributed by atoms with Gasteiger partial charge in [0, 0.05) is 31.9 Å². The number of hydrogen-bond donors (Lipinski definition) is 3. The first-order valence-electron chi connectivity index (χ1n) is 6.82. The summed E-state index contributed by atoms with van der Waals surface area (Å²) in [5, 5.41) is 0. The topological polar surface area (TPSA) is 101 Å². The number of aromatic nitrogens is 2. The number of H-pyrrole nitrogens is 1. The van der Waals surface area contributed by atoms with Crippen molar-refractivity contribution in [1.82, 2.24) is 14.7 Å². The van der Waals surface area contributed by atoms with Crippen LogP contribution in [0.4, 0.5) is 0 Å². The zero-order valence-electron chi connectivity index (χ0n) is 11.7. The van der Waals surface area contributed by atoms with Crippen molar-refractivity contribution in [2.45, 2.75) is 25.1 Å². The third kappa shape index (κ3) is 5.30. The third-order valence-electron chi connectivity index (χ3n) is 3.08. The molecule has 0 unspecified atom stereocenters. The van der Waals surface area contributed by atoms with Gasteiger partial charge in [0.25, 0.3) is 0 Å². The molecule has 2 rings (SSSR count). The van der Waals surface area contributed by atoms with E-state index in [4.69, 9.17) is 5.73 Å². The van der Waals surface area contributed by atoms with E-state index in [1.807, 2.05) is 12.1 Å². The summed E-state index contributed by atoms with van der Waals surface area (Å²) in [5.74, 6) is 0.852. The van der Waals surface area contributed by atoms with E-state index >= 15 is 0 Å². The molecule has 0 aliphatic heterocycles. The number of rotatable bonds is 8. The van der Waals surface area contributed by atoms with Gasteiger partial charge in [-0.25, -0.2) is 18.1 Å². The minimum atomic E-state index is -3.31. The molecule has 0 radical (unpaired) electrons. The number of hydrogen-bond acceptors (Lipinski definition) is 4. The second-order valence-corrected chi connectivity index (χ2v) is 6.62. The van der Waals surface area contributed by atoms with Crippen LogP contribution >= 0.6 is 0 Å². The molecule has 0 aliphatic rings. The molecule has 21 heavy (non-hydrogen) atoms. The highest BCUT2D eigenvalue weighted by Crippen LogP contribution is 2.07. The SMILES string of the molecule is NCc1ccc(CS(=O)(=O)NCCCc2ncc[nH]2)cc1. The Morgan fingerprint density at radius 3 is 2.52 bits per heavy atom. The summed E-state index contributed by atoms with van der Waals surface area (Å²) in [5.41, 5.74) is 7.25. The lowest BCUT2D eigenvalue weighted by molar-refractivity contribution is 0.577. The normalized spacial score (nSPS) is 11.7. The highest BCUT2D eigenvalue weighted by molar-refractivity contribution is 7.88. The number of nitrogens with zero attached hydrogens (tertiary/aromatic N) is 1. The Balaban J connectivity index is 1.78. The van der Waals surface area contributed by atoms with Crippen molar-refractivity contribution < 1.29 is 8.42 Å². The number of nitrogens with two attached hydrogens (primary N) is 1. The first kappa shape index (κ1) is 15.7. The fraction of sp³-hybridized carbons (Fsp3) is 0.357. The molecule has 6 nitrogen and oxygen atoms in total. The van der Waals surface area contributed by atoms with E-state index in [1.54, 1.807) is 24.5 Å². The van der Waals surface area contributed by atoms with E-state index < -0.39 is 10.0 Å². The van der Waals surface area contributed by atoms with E-state index in [9.17, 15) is 8.42 Å². The van der Waals surface area contributed by atoms with E-state index in [0.717, 1.165) is 23.4 Å². The highest BCUT2D eigenvalue weighted by atomic mass is 32.2. The molecule has 1 heterocycles. The maximum absolute atomic E-state index is 12.0. The van der Waals surface area contributed by atoms with Gasteiger partial charge >= 0.3 is 0 Å². The van der Waals surface area contributed by atoms with Crippen LogP contribution in [-0.4, -0.2) is 24.9 Å². The van der Waals surface area contributed by atoms with Crippen molar-refractivity contribution in [3.8, 4) is 0 Å². The molecule has 0 atom stereocenters. The Morgan fingerprint density at radius 1 is 1.19 bits per heavy atom. The molecule has 0 amide bonds. The summed E-state index contributed by atoms with van der Waals surface area (Å²) < 4.78 is 26.5. The van der Waals surface area contributed by atoms with Gasteiger partial charge in [0.15, 0.2) is 0 Å². The van der Waals surface area contributed by atoms with Crippen molar-refractivity contribution in [2.24, 2.45) is 5.73 Å². The van der Waals surface area contributed by atoms with Gasteiger partial charge in [0.05, 0.1) is 5.75 Å². The molecule has 0 bridgehead atoms. The number of aryl methyl sites for hydroxylation is 1. The van der Waals surface area contributed by atoms with E-state index in [0.29, 0.717) is 19.5 Å². The summed E-state index contributed by atoms with van der Waals surface area (Å²) >= 11 is 0. The summed E-state index contributed by atoms with van der Waals surface area (Å²) in [4.78, 5) is 7.08. The second kappa shape index (κ2) is 7.35. The molecule has 4 N–H and O–H groups in total. The third-order valence-corrected chi connectivity index (χ3v) is 4.44. The van der Waals surface area contributed by atoms with Crippen molar-refractivity contribution in [2.75, 3.05) is 6.54 Å². The largest absolute Gasteiger partial charge is 0.349 e. The van der Waals surface area contributed by atoms with Gasteiger partial charge in [-0.2, -0.15) is 0 Å². The van der Waals surface area contributed by atoms with Crippen LogP contribution in [0, 0.1) is 0 Å². The molecule has 114 valence electrons. The quantitative estimate of drug-likeness (QED) is 0.631. The van der Waals surface area contributed by atoms with Crippen LogP contribution in [0.25, 0.3) is 0 Å². The number of aromatic amines is 1. The molecule has 0 fully saturated rings. The van der Waals surface area contributed by atoms with Crippen molar-refractivity contribution in [3.63, 3.8) is 0 Å². The van der Waals surface area contributed by atoms with Gasteiger partial charge in [-0.3, -0.25) is 0 Å². The lowest BCUT2D eigenvalue weighted by atomic mass is 10.1. The Kier molecular flexibility index (Phi) is 5.49. The van der Waals surface area contributed by atoms with Gasteiger partial charge in [-0.1, -0.05) is 24.3 Å². The Hall–Kier alpha value is -1.70. The van der Waals surface area contributed by atoms with Crippen molar-refractivity contribution in [3.05, 3.63) is 53.6 Å². The lowest BCUT2D eigenvalue weighted by Gasteiger charge is -2.07. The summed E-state index contributed by atoms with van der Waals surface area (Å²) in [6, 6.07) is 7.29. The smallest absolute Gasteiger partial charge is 0.215 e. The second-order valence-electron chi connectivity index (χ2n) is 4.81. The monoisotopic (exact) mass is 308 g/mol. The van der Waals surface area contributed by atoms with Crippen LogP contribution in [0.1, 0.15) is 23.4 Å². The minimum absolute atomic E-state index is 0.0153. The average Bonchev–Trinajstić information content (AvgIpc) is 2.97. The van der Waals surface area contributed by atoms with Crippen LogP contribution in [0.15, 0.2) is 36.7 Å². The number of nitrogens with one attached hydrogen (secondary N) is 2. The maximum Gasteiger partial charge on any atom is 0.215 e. The van der Waals surface area contributed by atoms with Crippen LogP contribution in [0.3, 0.4) is 0 Å². The zero-order valence-corrected chi connectivity index (χ0v) is 12.6. The molecule has 0 saturated carbocycles. The Bertz CT molecular complexity index is 636. The first-order valence-corrected chi connectivity index (χ1v) is 8.48. The van der Waals surface area contributed by atoms with Gasteiger partial charge in [0.2, 0.25) is 10.0 Å². The first-order chi connectivity index (χ1) is 10.1. The van der Waals surface area contributed by atoms with Crippen molar-refractivity contribution >= 4 is 10.0 Å². The summed E-state index contributed by atoms with van der Waals surface area (Å²) in [6.45, 7) is 0.863. The predicted octanol–water partition coefficient (Wildman–Crippen LogP) is 0.921. The fourth-order valence-electron chi connectivity index (χ4n) is 1.96. The molecule has 7 heteroatoms. The Morgan fingerprint density at radius 2 is 1.90 bits per heavy atom. The number of sulfonamides is 1. The van der Waals surface area contributed by atoms with Gasteiger partial charge in [-0.15, -0.1) is 0 Å². The molecule has 0 spiro atoms. The van der Waals surface area contributed by atoms with E-state index in [1.165, 1.54) is 0 Å². The van der Waals surface area contributed by atoms with Crippen LogP contribution in [0.2, 0.25) is 0 Å². The van der Waals surface area contributed by atoms with Gasteiger partial charge < -0.3 is 10.7 Å². The Labute approximate surface area is 124 Å². The molecule has 1 aromatic heterocycles. The predicted molar refractivity (Wildman–Crippen MR) is 81.9 cm³/mol. The standard InChI is InChI=1S/C14H20N4O2S/c15-10-12-3-5-13(6-4-12)11-21(19,20)18-7-1-2-14-16-8-9-17-14/h3-6,8-9,18H,1-2,7,10-11,15H2,(H,16,17). The van der Waals surface area contributed by atoms with Crippen molar-refractivity contribution in [1.29, 1.82) is 0 Å². The summed E-state index contributed by atoms with van der Waals surface area (Å²) in [6.07, 6.45) is 4.87. The molecule has 0 aliphatic carbocycles. The van der Waals surface area contributed by atoms with Crippen LogP contribution in [0.5, 0.6) is 0 Å². The zero-order chi connectivity index (χ0) is 15.1. The number of benzene rings is 1. The highest BCUT2D eigenvalue weighted by Gasteiger charge is 2.10. The lowest BCUT2D eigenvalue weighted by Crippen LogP contribution is -2.26.